The van der Waals surface area contributed by atoms with Crippen molar-refractivity contribution < 1.29 is 9.21 Å². The third kappa shape index (κ3) is 3.55. The number of thiophene rings is 1. The Labute approximate surface area is 227 Å². The molecular weight excluding hydrogens is 518 g/mol. The van der Waals surface area contributed by atoms with Gasteiger partial charge in [-0.1, -0.05) is 23.7 Å². The van der Waals surface area contributed by atoms with Crippen molar-refractivity contribution in [2.45, 2.75) is 33.2 Å². The molecule has 6 aromatic rings. The van der Waals surface area contributed by atoms with Crippen LogP contribution in [0.4, 0.5) is 5.69 Å². The van der Waals surface area contributed by atoms with Crippen molar-refractivity contribution in [1.82, 2.24) is 14.8 Å². The number of furan rings is 2. The van der Waals surface area contributed by atoms with Gasteiger partial charge in [-0.2, -0.15) is 0 Å². The van der Waals surface area contributed by atoms with E-state index < -0.39 is 6.04 Å². The van der Waals surface area contributed by atoms with Gasteiger partial charge in [0.1, 0.15) is 28.0 Å². The van der Waals surface area contributed by atoms with Gasteiger partial charge in [-0.15, -0.1) is 21.5 Å². The van der Waals surface area contributed by atoms with Crippen molar-refractivity contribution >= 4 is 62.2 Å². The van der Waals surface area contributed by atoms with Gasteiger partial charge in [-0.05, 0) is 68.8 Å². The van der Waals surface area contributed by atoms with Gasteiger partial charge in [-0.25, -0.2) is 0 Å². The second-order valence-corrected chi connectivity index (χ2v) is 11.2. The van der Waals surface area contributed by atoms with Crippen molar-refractivity contribution in [3.63, 3.8) is 0 Å². The lowest BCUT2D eigenvalue weighted by Gasteiger charge is -2.13. The molecule has 0 saturated carbocycles. The van der Waals surface area contributed by atoms with Crippen LogP contribution in [0.2, 0.25) is 5.02 Å². The summed E-state index contributed by atoms with van der Waals surface area (Å²) >= 11 is 7.89. The molecule has 0 unspecified atom stereocenters. The normalized spacial score (nSPS) is 14.9. The number of amides is 1. The Bertz CT molecular complexity index is 1900. The van der Waals surface area contributed by atoms with Crippen LogP contribution in [-0.2, 0) is 4.79 Å². The van der Waals surface area contributed by atoms with E-state index in [9.17, 15) is 4.79 Å². The van der Waals surface area contributed by atoms with E-state index in [4.69, 9.17) is 21.0 Å². The highest BCUT2D eigenvalue weighted by atomic mass is 35.5. The first-order valence-corrected chi connectivity index (χ1v) is 13.5. The van der Waals surface area contributed by atoms with Crippen molar-refractivity contribution in [2.24, 2.45) is 4.99 Å². The molecule has 1 aliphatic rings. The molecule has 5 heterocycles. The number of benzene rings is 3. The Morgan fingerprint density at radius 1 is 1.03 bits per heavy atom. The average molecular weight is 540 g/mol. The smallest absolute Gasteiger partial charge is 0.227 e. The summed E-state index contributed by atoms with van der Waals surface area (Å²) in [5, 5.41) is 15.6. The minimum Gasteiger partial charge on any atom is -0.456 e. The first kappa shape index (κ1) is 23.1. The van der Waals surface area contributed by atoms with Crippen LogP contribution in [0, 0.1) is 20.8 Å². The summed E-state index contributed by atoms with van der Waals surface area (Å²) in [6.07, 6.45) is 0.115. The van der Waals surface area contributed by atoms with Gasteiger partial charge in [0.05, 0.1) is 12.1 Å². The van der Waals surface area contributed by atoms with E-state index in [-0.39, 0.29) is 12.3 Å². The summed E-state index contributed by atoms with van der Waals surface area (Å²) in [4.78, 5) is 19.8. The Hall–Kier alpha value is -4.01. The molecule has 0 fully saturated rings. The molecule has 188 valence electrons. The molecule has 0 radical (unpaired) electrons. The van der Waals surface area contributed by atoms with Crippen LogP contribution < -0.4 is 5.32 Å². The van der Waals surface area contributed by atoms with E-state index in [2.05, 4.69) is 29.4 Å². The predicted molar refractivity (Wildman–Crippen MR) is 151 cm³/mol. The van der Waals surface area contributed by atoms with Crippen LogP contribution in [0.15, 0.2) is 64.0 Å². The molecule has 2 aromatic carbocycles. The van der Waals surface area contributed by atoms with Crippen LogP contribution in [0.25, 0.3) is 26.9 Å². The summed E-state index contributed by atoms with van der Waals surface area (Å²) < 4.78 is 7.80. The SMILES string of the molecule is Cc1sc2c(c1C)C(c1ccc(Cl)cc1)=N[C@@H](CC(=O)Nc1ccc3c4ccc(o4)c3c1)c1nnc(C)n1-2. The predicted octanol–water partition coefficient (Wildman–Crippen LogP) is 7.17. The van der Waals surface area contributed by atoms with Crippen LogP contribution in [-0.4, -0.2) is 26.4 Å². The first-order chi connectivity index (χ1) is 18.4. The molecule has 7 rings (SSSR count). The number of rotatable bonds is 4. The first-order valence-electron chi connectivity index (χ1n) is 12.3. The van der Waals surface area contributed by atoms with Gasteiger partial charge >= 0.3 is 0 Å². The van der Waals surface area contributed by atoms with Crippen molar-refractivity contribution in [3.05, 3.63) is 92.8 Å². The maximum atomic E-state index is 13.4. The Morgan fingerprint density at radius 2 is 1.79 bits per heavy atom. The van der Waals surface area contributed by atoms with E-state index in [0.29, 0.717) is 16.5 Å². The molecular formula is C29H22ClN5O2S. The number of aliphatic imine (C=N–C) groups is 1. The minimum atomic E-state index is -0.525. The number of carbonyl (C=O) groups excluding carboxylic acids is 1. The van der Waals surface area contributed by atoms with Gasteiger partial charge in [0.15, 0.2) is 5.82 Å². The molecule has 1 amide bonds. The zero-order valence-corrected chi connectivity index (χ0v) is 22.4. The number of anilines is 1. The molecule has 4 aromatic heterocycles. The quantitative estimate of drug-likeness (QED) is 0.257. The number of aryl methyl sites for hydroxylation is 2. The summed E-state index contributed by atoms with van der Waals surface area (Å²) in [6, 6.07) is 16.9. The molecule has 0 aliphatic carbocycles. The average Bonchev–Trinajstić information content (AvgIpc) is 3.65. The lowest BCUT2D eigenvalue weighted by Crippen LogP contribution is -2.17. The Balaban J connectivity index is 1.29. The fraction of sp³-hybridized carbons (Fsp3) is 0.172. The van der Waals surface area contributed by atoms with Gasteiger partial charge in [-0.3, -0.25) is 14.4 Å². The lowest BCUT2D eigenvalue weighted by molar-refractivity contribution is -0.116. The van der Waals surface area contributed by atoms with E-state index in [1.807, 2.05) is 66.1 Å². The number of halogens is 1. The Kier molecular flexibility index (Phi) is 5.18. The number of hydrogen-bond acceptors (Lipinski definition) is 6. The highest BCUT2D eigenvalue weighted by Gasteiger charge is 2.32. The maximum Gasteiger partial charge on any atom is 0.227 e. The van der Waals surface area contributed by atoms with Gasteiger partial charge < -0.3 is 9.73 Å². The number of carbonyl (C=O) groups is 1. The molecule has 1 aliphatic heterocycles. The zero-order valence-electron chi connectivity index (χ0n) is 20.9. The number of hydrogen-bond donors (Lipinski definition) is 1. The summed E-state index contributed by atoms with van der Waals surface area (Å²) in [6.45, 7) is 6.15. The van der Waals surface area contributed by atoms with E-state index in [1.54, 1.807) is 11.3 Å². The van der Waals surface area contributed by atoms with Gasteiger partial charge in [0.25, 0.3) is 0 Å². The molecule has 0 saturated heterocycles. The van der Waals surface area contributed by atoms with Crippen molar-refractivity contribution in [2.75, 3.05) is 5.32 Å². The molecule has 9 heteroatoms. The summed E-state index contributed by atoms with van der Waals surface area (Å²) in [5.74, 6) is 1.26. The zero-order chi connectivity index (χ0) is 26.1. The number of nitrogens with zero attached hydrogens (tertiary/aromatic N) is 4. The molecule has 1 N–H and O–H groups in total. The molecule has 38 heavy (non-hydrogen) atoms. The fourth-order valence-electron chi connectivity index (χ4n) is 5.19. The van der Waals surface area contributed by atoms with Crippen LogP contribution in [0.5, 0.6) is 0 Å². The fourth-order valence-corrected chi connectivity index (χ4v) is 6.53. The monoisotopic (exact) mass is 539 g/mol. The molecule has 0 spiro atoms. The largest absolute Gasteiger partial charge is 0.456 e. The van der Waals surface area contributed by atoms with Crippen molar-refractivity contribution in [1.29, 1.82) is 0 Å². The topological polar surface area (TPSA) is 85.3 Å². The van der Waals surface area contributed by atoms with E-state index >= 15 is 0 Å². The third-order valence-corrected chi connectivity index (χ3v) is 8.62. The number of aromatic nitrogens is 3. The van der Waals surface area contributed by atoms with Crippen LogP contribution >= 0.6 is 22.9 Å². The van der Waals surface area contributed by atoms with Crippen LogP contribution in [0.1, 0.15) is 45.7 Å². The van der Waals surface area contributed by atoms with E-state index in [0.717, 1.165) is 55.2 Å². The highest BCUT2D eigenvalue weighted by molar-refractivity contribution is 7.15. The molecule has 1 atom stereocenters. The summed E-state index contributed by atoms with van der Waals surface area (Å²) in [7, 11) is 0. The van der Waals surface area contributed by atoms with Gasteiger partial charge in [0.2, 0.25) is 5.91 Å². The second-order valence-electron chi connectivity index (χ2n) is 9.58. The van der Waals surface area contributed by atoms with Crippen molar-refractivity contribution in [3.8, 4) is 5.00 Å². The van der Waals surface area contributed by atoms with E-state index in [1.165, 1.54) is 4.88 Å². The van der Waals surface area contributed by atoms with Crippen LogP contribution in [0.3, 0.4) is 0 Å². The lowest BCUT2D eigenvalue weighted by atomic mass is 9.99. The summed E-state index contributed by atoms with van der Waals surface area (Å²) in [5.41, 5.74) is 6.34. The second kappa shape index (κ2) is 8.51. The minimum absolute atomic E-state index is 0.115. The maximum absolute atomic E-state index is 13.4. The highest BCUT2D eigenvalue weighted by Crippen LogP contribution is 2.40. The standard InChI is InChI=1S/C29H22ClN5O2S/c1-14-15(2)38-29-26(14)27(17-4-6-18(30)7-5-17)32-22(28-34-33-16(3)35(28)29)13-25(36)31-19-8-9-20-21(12-19)24-11-10-23(20)37-24/h4-12,22H,13H2,1-3H3,(H,31,36)/t22-/m0/s1. The number of nitrogens with one attached hydrogen (secondary N) is 1. The molecule has 2 bridgehead atoms. The van der Waals surface area contributed by atoms with Gasteiger partial charge in [0, 0.05) is 37.5 Å². The number of fused-ring (bicyclic) bond motifs is 8. The third-order valence-electron chi connectivity index (χ3n) is 7.18. The Morgan fingerprint density at radius 3 is 2.58 bits per heavy atom. The molecule has 7 nitrogen and oxygen atoms in total.